The Morgan fingerprint density at radius 2 is 1.73 bits per heavy atom. The minimum absolute atomic E-state index is 0.0170. The largest absolute Gasteiger partial charge is 0.490 e. The lowest BCUT2D eigenvalue weighted by atomic mass is 9.46. The second-order valence-electron chi connectivity index (χ2n) is 12.7. The van der Waals surface area contributed by atoms with Crippen LogP contribution in [0.2, 0.25) is 0 Å². The first-order chi connectivity index (χ1) is 19.7. The Bertz CT molecular complexity index is 1470. The lowest BCUT2D eigenvalue weighted by Crippen LogP contribution is -2.63. The fourth-order valence-electron chi connectivity index (χ4n) is 8.71. The first-order valence-electron chi connectivity index (χ1n) is 15.1. The SMILES string of the molecule is CC1(c2ccccc2)C=CC2C(C1)OC1=CCCC=C1C21C2C=CC=CC2OC2C=C(C3C=CN=CC3)C=CC21. The van der Waals surface area contributed by atoms with Gasteiger partial charge in [0.15, 0.2) is 0 Å². The number of aliphatic imine (C=N–C) groups is 1. The van der Waals surface area contributed by atoms with Gasteiger partial charge >= 0.3 is 0 Å². The smallest absolute Gasteiger partial charge is 0.119 e. The van der Waals surface area contributed by atoms with Crippen molar-refractivity contribution in [3.63, 3.8) is 0 Å². The van der Waals surface area contributed by atoms with Gasteiger partial charge in [0, 0.05) is 46.9 Å². The van der Waals surface area contributed by atoms with Crippen LogP contribution in [-0.2, 0) is 14.9 Å². The summed E-state index contributed by atoms with van der Waals surface area (Å²) in [5, 5.41) is 0. The Morgan fingerprint density at radius 3 is 2.60 bits per heavy atom. The van der Waals surface area contributed by atoms with Crippen LogP contribution in [0.25, 0.3) is 0 Å². The van der Waals surface area contributed by atoms with Crippen molar-refractivity contribution in [2.24, 2.45) is 34.1 Å². The van der Waals surface area contributed by atoms with Gasteiger partial charge in [-0.3, -0.25) is 4.99 Å². The molecular formula is C37H37NO2. The van der Waals surface area contributed by atoms with Gasteiger partial charge in [0.05, 0.1) is 12.2 Å². The average Bonchev–Trinajstić information content (AvgIpc) is 3.01. The van der Waals surface area contributed by atoms with Gasteiger partial charge in [0.2, 0.25) is 0 Å². The number of hydrogen-bond donors (Lipinski definition) is 0. The van der Waals surface area contributed by atoms with Crippen molar-refractivity contribution in [1.82, 2.24) is 0 Å². The monoisotopic (exact) mass is 527 g/mol. The molecule has 1 spiro atoms. The van der Waals surface area contributed by atoms with Crippen molar-refractivity contribution in [3.8, 4) is 0 Å². The van der Waals surface area contributed by atoms with E-state index in [1.54, 1.807) is 0 Å². The van der Waals surface area contributed by atoms with Gasteiger partial charge in [-0.1, -0.05) is 104 Å². The van der Waals surface area contributed by atoms with Gasteiger partial charge in [0.25, 0.3) is 0 Å². The van der Waals surface area contributed by atoms with E-state index < -0.39 is 0 Å². The molecule has 4 aliphatic carbocycles. The molecule has 7 aliphatic rings. The molecule has 3 heteroatoms. The van der Waals surface area contributed by atoms with Crippen molar-refractivity contribution in [3.05, 3.63) is 132 Å². The lowest BCUT2D eigenvalue weighted by molar-refractivity contribution is -0.160. The lowest BCUT2D eigenvalue weighted by Gasteiger charge is -2.63. The van der Waals surface area contributed by atoms with Crippen LogP contribution >= 0.6 is 0 Å². The van der Waals surface area contributed by atoms with Gasteiger partial charge < -0.3 is 9.47 Å². The van der Waals surface area contributed by atoms with E-state index in [1.165, 1.54) is 16.7 Å². The molecule has 0 N–H and O–H groups in total. The Labute approximate surface area is 237 Å². The second kappa shape index (κ2) is 9.31. The highest BCUT2D eigenvalue weighted by Gasteiger charge is 2.65. The standard InChI is InChI=1S/C37H37NO2/c1-36(27-9-3-2-4-10-27)20-17-31-35(24-36)40-33-14-8-6-12-29(33)37(31)28-11-5-7-13-32(28)39-34-23-26(15-16-30(34)37)25-18-21-38-22-19-25/h2-5,7,9-18,20-23,25,28,30-32,34-35H,6,8,19,24H2,1H3. The first-order valence-corrected chi connectivity index (χ1v) is 15.1. The van der Waals surface area contributed by atoms with E-state index in [0.717, 1.165) is 31.4 Å². The molecule has 1 aromatic rings. The predicted octanol–water partition coefficient (Wildman–Crippen LogP) is 7.74. The number of hydrogen-bond acceptors (Lipinski definition) is 3. The highest BCUT2D eigenvalue weighted by Crippen LogP contribution is 2.65. The quantitative estimate of drug-likeness (QED) is 0.369. The van der Waals surface area contributed by atoms with Gasteiger partial charge in [-0.25, -0.2) is 0 Å². The molecular weight excluding hydrogens is 490 g/mol. The molecule has 3 heterocycles. The number of benzene rings is 1. The van der Waals surface area contributed by atoms with E-state index in [1.807, 2.05) is 12.4 Å². The summed E-state index contributed by atoms with van der Waals surface area (Å²) in [5.74, 6) is 2.21. The minimum atomic E-state index is -0.138. The Kier molecular flexibility index (Phi) is 5.67. The first kappa shape index (κ1) is 24.4. The summed E-state index contributed by atoms with van der Waals surface area (Å²) in [6.45, 7) is 2.38. The molecule has 202 valence electrons. The normalized spacial score (nSPS) is 42.1. The van der Waals surface area contributed by atoms with Crippen molar-refractivity contribution < 1.29 is 9.47 Å². The van der Waals surface area contributed by atoms with Crippen LogP contribution < -0.4 is 0 Å². The third kappa shape index (κ3) is 3.56. The number of ether oxygens (including phenoxy) is 2. The summed E-state index contributed by atoms with van der Waals surface area (Å²) in [6.07, 6.45) is 36.7. The van der Waals surface area contributed by atoms with E-state index in [0.29, 0.717) is 5.92 Å². The Morgan fingerprint density at radius 1 is 0.875 bits per heavy atom. The number of rotatable bonds is 2. The van der Waals surface area contributed by atoms with Gasteiger partial charge in [-0.15, -0.1) is 0 Å². The zero-order valence-corrected chi connectivity index (χ0v) is 23.1. The molecule has 3 aliphatic heterocycles. The van der Waals surface area contributed by atoms with Crippen LogP contribution in [0.15, 0.2) is 131 Å². The molecule has 1 aromatic carbocycles. The molecule has 0 saturated carbocycles. The number of allylic oxidation sites excluding steroid dienone is 9. The van der Waals surface area contributed by atoms with E-state index in [4.69, 9.17) is 9.47 Å². The highest BCUT2D eigenvalue weighted by atomic mass is 16.5. The molecule has 0 bridgehead atoms. The van der Waals surface area contributed by atoms with Crippen LogP contribution in [0.1, 0.15) is 38.2 Å². The summed E-state index contributed by atoms with van der Waals surface area (Å²) in [5.41, 5.74) is 3.92. The maximum absolute atomic E-state index is 7.01. The van der Waals surface area contributed by atoms with Gasteiger partial charge in [0.1, 0.15) is 11.9 Å². The molecule has 0 radical (unpaired) electrons. The third-order valence-corrected chi connectivity index (χ3v) is 10.5. The summed E-state index contributed by atoms with van der Waals surface area (Å²) in [4.78, 5) is 4.31. The minimum Gasteiger partial charge on any atom is -0.490 e. The third-order valence-electron chi connectivity index (χ3n) is 10.5. The molecule has 0 aromatic heterocycles. The molecule has 9 atom stereocenters. The predicted molar refractivity (Wildman–Crippen MR) is 161 cm³/mol. The molecule has 9 unspecified atom stereocenters. The molecule has 8 rings (SSSR count). The van der Waals surface area contributed by atoms with Crippen molar-refractivity contribution in [2.45, 2.75) is 56.3 Å². The summed E-state index contributed by atoms with van der Waals surface area (Å²) < 4.78 is 14.0. The maximum atomic E-state index is 7.01. The second-order valence-corrected chi connectivity index (χ2v) is 12.7. The van der Waals surface area contributed by atoms with Crippen LogP contribution in [0, 0.1) is 29.1 Å². The van der Waals surface area contributed by atoms with Gasteiger partial charge in [-0.2, -0.15) is 0 Å². The molecule has 2 saturated heterocycles. The molecule has 40 heavy (non-hydrogen) atoms. The van der Waals surface area contributed by atoms with Crippen LogP contribution in [0.5, 0.6) is 0 Å². The van der Waals surface area contributed by atoms with Crippen molar-refractivity contribution >= 4 is 6.21 Å². The van der Waals surface area contributed by atoms with Crippen LogP contribution in [-0.4, -0.2) is 24.5 Å². The Balaban J connectivity index is 1.28. The topological polar surface area (TPSA) is 30.8 Å². The fraction of sp³-hybridized carbons (Fsp3) is 0.378. The average molecular weight is 528 g/mol. The van der Waals surface area contributed by atoms with Gasteiger partial charge in [-0.05, 0) is 48.5 Å². The number of nitrogens with zero attached hydrogens (tertiary/aromatic N) is 1. The summed E-state index contributed by atoms with van der Waals surface area (Å²) in [6, 6.07) is 11.0. The van der Waals surface area contributed by atoms with Crippen LogP contribution in [0.4, 0.5) is 0 Å². The maximum Gasteiger partial charge on any atom is 0.119 e. The molecule has 3 nitrogen and oxygen atoms in total. The van der Waals surface area contributed by atoms with E-state index in [9.17, 15) is 0 Å². The summed E-state index contributed by atoms with van der Waals surface area (Å²) in [7, 11) is 0. The molecule has 2 fully saturated rings. The zero-order valence-electron chi connectivity index (χ0n) is 23.1. The van der Waals surface area contributed by atoms with E-state index >= 15 is 0 Å². The Hall–Kier alpha value is -3.43. The van der Waals surface area contributed by atoms with E-state index in [2.05, 4.69) is 115 Å². The number of fused-ring (bicyclic) bond motifs is 8. The van der Waals surface area contributed by atoms with Crippen molar-refractivity contribution in [1.29, 1.82) is 0 Å². The highest BCUT2D eigenvalue weighted by molar-refractivity contribution is 5.62. The van der Waals surface area contributed by atoms with E-state index in [-0.39, 0.29) is 46.9 Å². The fourth-order valence-corrected chi connectivity index (χ4v) is 8.71. The van der Waals surface area contributed by atoms with Crippen LogP contribution in [0.3, 0.4) is 0 Å². The summed E-state index contributed by atoms with van der Waals surface area (Å²) >= 11 is 0. The molecule has 0 amide bonds. The van der Waals surface area contributed by atoms with Crippen molar-refractivity contribution in [2.75, 3.05) is 0 Å². The zero-order chi connectivity index (χ0) is 26.7.